The van der Waals surface area contributed by atoms with Gasteiger partial charge in [0.1, 0.15) is 5.76 Å². The monoisotopic (exact) mass is 507 g/mol. The number of aryl methyl sites for hydroxylation is 1. The van der Waals surface area contributed by atoms with E-state index in [9.17, 15) is 14.7 Å². The molecule has 1 fully saturated rings. The van der Waals surface area contributed by atoms with Gasteiger partial charge in [0.05, 0.1) is 11.6 Å². The van der Waals surface area contributed by atoms with Crippen molar-refractivity contribution in [3.8, 4) is 0 Å². The quantitative estimate of drug-likeness (QED) is 0.189. The molecule has 0 aliphatic carbocycles. The van der Waals surface area contributed by atoms with Crippen molar-refractivity contribution < 1.29 is 14.7 Å². The van der Waals surface area contributed by atoms with Crippen LogP contribution in [0.3, 0.4) is 0 Å². The first-order valence-corrected chi connectivity index (χ1v) is 12.7. The minimum absolute atomic E-state index is 0.0885. The van der Waals surface area contributed by atoms with Gasteiger partial charge in [-0.2, -0.15) is 0 Å². The van der Waals surface area contributed by atoms with E-state index in [0.717, 1.165) is 33.3 Å². The van der Waals surface area contributed by atoms with Crippen LogP contribution in [0.1, 0.15) is 49.1 Å². The van der Waals surface area contributed by atoms with Gasteiger partial charge < -0.3 is 15.0 Å². The molecule has 1 atom stereocenters. The van der Waals surface area contributed by atoms with Crippen molar-refractivity contribution in [3.63, 3.8) is 0 Å². The third kappa shape index (κ3) is 4.16. The van der Waals surface area contributed by atoms with Gasteiger partial charge in [0.25, 0.3) is 11.7 Å². The number of fused-ring (bicyclic) bond motifs is 1. The van der Waals surface area contributed by atoms with E-state index in [1.165, 1.54) is 4.90 Å². The van der Waals surface area contributed by atoms with Crippen molar-refractivity contribution >= 4 is 39.7 Å². The van der Waals surface area contributed by atoms with E-state index < -0.39 is 17.7 Å². The van der Waals surface area contributed by atoms with Crippen LogP contribution in [-0.2, 0) is 15.0 Å². The molecule has 1 aliphatic heterocycles. The number of hydrogen-bond acceptors (Lipinski definition) is 4. The Balaban J connectivity index is 1.77. The molecule has 0 bridgehead atoms. The summed E-state index contributed by atoms with van der Waals surface area (Å²) in [5, 5.41) is 12.7. The molecule has 1 amide bonds. The summed E-state index contributed by atoms with van der Waals surface area (Å²) >= 11 is 0. The zero-order valence-electron chi connectivity index (χ0n) is 22.7. The molecular formula is C32H33N3O3. The third-order valence-electron chi connectivity index (χ3n) is 7.36. The third-order valence-corrected chi connectivity index (χ3v) is 7.36. The van der Waals surface area contributed by atoms with Crippen LogP contribution >= 0.6 is 0 Å². The number of hydrogen-bond donors (Lipinski definition) is 2. The molecule has 1 aromatic heterocycles. The largest absolute Gasteiger partial charge is 0.507 e. The summed E-state index contributed by atoms with van der Waals surface area (Å²) in [6.07, 6.45) is 1.83. The topological polar surface area (TPSA) is 76.6 Å². The van der Waals surface area contributed by atoms with Crippen LogP contribution in [0, 0.1) is 6.92 Å². The Morgan fingerprint density at radius 3 is 2.32 bits per heavy atom. The van der Waals surface area contributed by atoms with Crippen LogP contribution in [0.5, 0.6) is 0 Å². The first-order valence-electron chi connectivity index (χ1n) is 12.7. The first kappa shape index (κ1) is 25.3. The molecule has 3 aromatic carbocycles. The number of aromatic nitrogens is 1. The number of rotatable bonds is 4. The number of H-pyrrole nitrogens is 1. The molecule has 6 nitrogen and oxygen atoms in total. The highest BCUT2D eigenvalue weighted by molar-refractivity contribution is 6.52. The molecule has 6 heteroatoms. The Bertz CT molecular complexity index is 1590. The second kappa shape index (κ2) is 9.21. The number of carbonyl (C=O) groups is 2. The Labute approximate surface area is 223 Å². The van der Waals surface area contributed by atoms with Crippen LogP contribution in [0.4, 0.5) is 11.4 Å². The predicted octanol–water partition coefficient (Wildman–Crippen LogP) is 6.47. The molecule has 2 N–H and O–H groups in total. The number of para-hydroxylation sites is 1. The summed E-state index contributed by atoms with van der Waals surface area (Å²) in [6.45, 7) is 8.20. The second-order valence-electron chi connectivity index (χ2n) is 11.1. The predicted molar refractivity (Wildman–Crippen MR) is 154 cm³/mol. The van der Waals surface area contributed by atoms with E-state index in [0.29, 0.717) is 11.3 Å². The number of anilines is 2. The van der Waals surface area contributed by atoms with Gasteiger partial charge in [-0.1, -0.05) is 51.1 Å². The normalized spacial score (nSPS) is 17.4. The van der Waals surface area contributed by atoms with Crippen LogP contribution in [-0.4, -0.2) is 35.9 Å². The van der Waals surface area contributed by atoms with Crippen LogP contribution in [0.2, 0.25) is 0 Å². The van der Waals surface area contributed by atoms with Crippen molar-refractivity contribution in [2.24, 2.45) is 0 Å². The lowest BCUT2D eigenvalue weighted by Gasteiger charge is -2.26. The average Bonchev–Trinajstić information content (AvgIpc) is 3.41. The van der Waals surface area contributed by atoms with Gasteiger partial charge in [0.2, 0.25) is 0 Å². The summed E-state index contributed by atoms with van der Waals surface area (Å²) in [4.78, 5) is 34.1. The highest BCUT2D eigenvalue weighted by Gasteiger charge is 2.48. The lowest BCUT2D eigenvalue weighted by atomic mass is 9.84. The van der Waals surface area contributed by atoms with Gasteiger partial charge in [0.15, 0.2) is 0 Å². The zero-order valence-corrected chi connectivity index (χ0v) is 22.7. The minimum Gasteiger partial charge on any atom is -0.507 e. The maximum atomic E-state index is 13.7. The van der Waals surface area contributed by atoms with E-state index in [1.54, 1.807) is 0 Å². The molecule has 1 unspecified atom stereocenters. The number of aliphatic hydroxyl groups is 1. The number of nitrogens with one attached hydrogen (secondary N) is 1. The van der Waals surface area contributed by atoms with Crippen molar-refractivity contribution in [2.75, 3.05) is 23.9 Å². The highest BCUT2D eigenvalue weighted by atomic mass is 16.3. The second-order valence-corrected chi connectivity index (χ2v) is 11.1. The molecule has 38 heavy (non-hydrogen) atoms. The average molecular weight is 508 g/mol. The number of amides is 1. The number of benzene rings is 3. The standard InChI is InChI=1S/C32H33N3O3/c1-19-11-12-20(32(2,3)4)17-24(19)29(36)27-28(25-18-33-26-10-8-7-9-23(25)26)35(31(38)30(27)37)22-15-13-21(14-16-22)34(5)6/h7-18,28,33,36H,1-6H3/b29-27+. The number of ketones is 1. The molecule has 194 valence electrons. The Morgan fingerprint density at radius 2 is 1.66 bits per heavy atom. The minimum atomic E-state index is -0.797. The van der Waals surface area contributed by atoms with Gasteiger partial charge in [-0.05, 0) is 59.9 Å². The van der Waals surface area contributed by atoms with Gasteiger partial charge in [-0.3, -0.25) is 14.5 Å². The summed E-state index contributed by atoms with van der Waals surface area (Å²) in [7, 11) is 3.89. The van der Waals surface area contributed by atoms with Crippen LogP contribution in [0.25, 0.3) is 16.7 Å². The summed E-state index contributed by atoms with van der Waals surface area (Å²) in [6, 6.07) is 20.4. The fourth-order valence-electron chi connectivity index (χ4n) is 5.11. The Hall–Kier alpha value is -4.32. The fraction of sp³-hybridized carbons (Fsp3) is 0.250. The summed E-state index contributed by atoms with van der Waals surface area (Å²) in [5.74, 6) is -1.52. The maximum Gasteiger partial charge on any atom is 0.300 e. The lowest BCUT2D eigenvalue weighted by molar-refractivity contribution is -0.132. The molecular weight excluding hydrogens is 474 g/mol. The van der Waals surface area contributed by atoms with E-state index in [4.69, 9.17) is 0 Å². The van der Waals surface area contributed by atoms with Crippen LogP contribution in [0.15, 0.2) is 78.5 Å². The molecule has 0 spiro atoms. The van der Waals surface area contributed by atoms with Gasteiger partial charge in [-0.15, -0.1) is 0 Å². The number of nitrogens with zero attached hydrogens (tertiary/aromatic N) is 2. The van der Waals surface area contributed by atoms with E-state index in [1.807, 2.05) is 98.8 Å². The SMILES string of the molecule is Cc1ccc(C(C)(C)C)cc1/C(O)=C1\C(=O)C(=O)N(c2ccc(N(C)C)cc2)C1c1c[nH]c2ccccc12. The molecule has 4 aromatic rings. The van der Waals surface area contributed by atoms with E-state index >= 15 is 0 Å². The number of carbonyl (C=O) groups excluding carboxylic acids is 2. The van der Waals surface area contributed by atoms with Crippen molar-refractivity contribution in [1.82, 2.24) is 4.98 Å². The number of aromatic amines is 1. The molecule has 0 radical (unpaired) electrons. The van der Waals surface area contributed by atoms with Gasteiger partial charge in [-0.25, -0.2) is 0 Å². The highest BCUT2D eigenvalue weighted by Crippen LogP contribution is 2.45. The maximum absolute atomic E-state index is 13.7. The molecule has 2 heterocycles. The summed E-state index contributed by atoms with van der Waals surface area (Å²) < 4.78 is 0. The van der Waals surface area contributed by atoms with Crippen molar-refractivity contribution in [3.05, 3.63) is 101 Å². The van der Waals surface area contributed by atoms with Crippen molar-refractivity contribution in [2.45, 2.75) is 39.2 Å². The van der Waals surface area contributed by atoms with Gasteiger partial charge in [0, 0.05) is 53.7 Å². The fourth-order valence-corrected chi connectivity index (χ4v) is 5.11. The van der Waals surface area contributed by atoms with Crippen LogP contribution < -0.4 is 9.80 Å². The molecule has 1 aliphatic rings. The van der Waals surface area contributed by atoms with E-state index in [2.05, 4.69) is 25.8 Å². The smallest absolute Gasteiger partial charge is 0.300 e. The first-order chi connectivity index (χ1) is 18.0. The van der Waals surface area contributed by atoms with Crippen molar-refractivity contribution in [1.29, 1.82) is 0 Å². The zero-order chi connectivity index (χ0) is 27.4. The molecule has 5 rings (SSSR count). The molecule has 0 saturated carbocycles. The molecule has 1 saturated heterocycles. The number of aliphatic hydroxyl groups excluding tert-OH is 1. The Morgan fingerprint density at radius 1 is 0.974 bits per heavy atom. The van der Waals surface area contributed by atoms with Gasteiger partial charge >= 0.3 is 0 Å². The lowest BCUT2D eigenvalue weighted by Crippen LogP contribution is -2.29. The summed E-state index contributed by atoms with van der Waals surface area (Å²) in [5.41, 5.74) is 5.56. The van der Waals surface area contributed by atoms with E-state index in [-0.39, 0.29) is 16.7 Å². The Kier molecular flexibility index (Phi) is 6.14. The number of Topliss-reactive ketones (excluding diaryl/α,β-unsaturated/α-hetero) is 1.